The van der Waals surface area contributed by atoms with E-state index in [1.807, 2.05) is 37.2 Å². The van der Waals surface area contributed by atoms with E-state index in [1.165, 1.54) is 0 Å². The van der Waals surface area contributed by atoms with Crippen molar-refractivity contribution in [1.29, 1.82) is 0 Å². The van der Waals surface area contributed by atoms with Crippen LogP contribution in [0.2, 0.25) is 0 Å². The number of aliphatic carboxylic acids is 1. The molecule has 4 nitrogen and oxygen atoms in total. The highest BCUT2D eigenvalue weighted by Gasteiger charge is 2.32. The number of rotatable bonds is 7. The SMILES string of the molecule is CC.CCCC(C(=O)O)C(CCC)C(=O)OP. The molecular weight excluding hydrogens is 239 g/mol. The van der Waals surface area contributed by atoms with Crippen molar-refractivity contribution in [1.82, 2.24) is 0 Å². The van der Waals surface area contributed by atoms with E-state index in [4.69, 9.17) is 5.11 Å². The molecule has 102 valence electrons. The zero-order chi connectivity index (χ0) is 13.8. The van der Waals surface area contributed by atoms with E-state index in [9.17, 15) is 9.59 Å². The average molecular weight is 264 g/mol. The summed E-state index contributed by atoms with van der Waals surface area (Å²) in [5.41, 5.74) is 0. The fraction of sp³-hybridized carbons (Fsp3) is 0.833. The number of carbonyl (C=O) groups is 2. The number of hydrogen-bond donors (Lipinski definition) is 1. The van der Waals surface area contributed by atoms with Crippen molar-refractivity contribution in [3.05, 3.63) is 0 Å². The third kappa shape index (κ3) is 7.32. The van der Waals surface area contributed by atoms with Crippen LogP contribution in [0, 0.1) is 11.8 Å². The number of carboxylic acids is 1. The highest BCUT2D eigenvalue weighted by atomic mass is 31.0. The molecule has 3 unspecified atom stereocenters. The lowest BCUT2D eigenvalue weighted by atomic mass is 9.85. The van der Waals surface area contributed by atoms with E-state index in [-0.39, 0.29) is 0 Å². The number of hydrogen-bond acceptors (Lipinski definition) is 3. The summed E-state index contributed by atoms with van der Waals surface area (Å²) in [4.78, 5) is 22.4. The smallest absolute Gasteiger partial charge is 0.311 e. The fourth-order valence-corrected chi connectivity index (χ4v) is 1.86. The van der Waals surface area contributed by atoms with Crippen molar-refractivity contribution in [2.75, 3.05) is 0 Å². The van der Waals surface area contributed by atoms with E-state index >= 15 is 0 Å². The summed E-state index contributed by atoms with van der Waals surface area (Å²) >= 11 is 0. The van der Waals surface area contributed by atoms with Gasteiger partial charge < -0.3 is 9.63 Å². The molecule has 0 aliphatic carbocycles. The molecule has 0 amide bonds. The largest absolute Gasteiger partial charge is 0.481 e. The minimum atomic E-state index is -0.911. The standard InChI is InChI=1S/C10H19O4P.C2H6/c1-3-5-7(9(11)12)8(6-4-2)10(13)14-15;1-2/h7-8H,3-6,15H2,1-2H3,(H,11,12);1-2H3. The molecule has 0 aromatic carbocycles. The zero-order valence-corrected chi connectivity index (χ0v) is 12.4. The van der Waals surface area contributed by atoms with Crippen LogP contribution in [0.25, 0.3) is 0 Å². The van der Waals surface area contributed by atoms with Crippen LogP contribution < -0.4 is 0 Å². The molecule has 0 spiro atoms. The molecule has 0 radical (unpaired) electrons. The Kier molecular flexibility index (Phi) is 13.0. The van der Waals surface area contributed by atoms with Crippen LogP contribution >= 0.6 is 9.47 Å². The Morgan fingerprint density at radius 2 is 1.53 bits per heavy atom. The van der Waals surface area contributed by atoms with Gasteiger partial charge in [0, 0.05) is 0 Å². The molecule has 0 aliphatic heterocycles. The van der Waals surface area contributed by atoms with Gasteiger partial charge in [-0.05, 0) is 12.8 Å². The van der Waals surface area contributed by atoms with Gasteiger partial charge in [0.2, 0.25) is 0 Å². The first-order valence-electron chi connectivity index (χ1n) is 6.21. The molecule has 0 bridgehead atoms. The molecular formula is C12H25O4P. The summed E-state index contributed by atoms with van der Waals surface area (Å²) in [6.45, 7) is 7.83. The lowest BCUT2D eigenvalue weighted by Gasteiger charge is -2.20. The van der Waals surface area contributed by atoms with Crippen molar-refractivity contribution in [3.63, 3.8) is 0 Å². The van der Waals surface area contributed by atoms with Gasteiger partial charge in [-0.1, -0.05) is 40.5 Å². The third-order valence-corrected chi connectivity index (χ3v) is 2.65. The van der Waals surface area contributed by atoms with Crippen molar-refractivity contribution in [2.24, 2.45) is 11.8 Å². The monoisotopic (exact) mass is 264 g/mol. The van der Waals surface area contributed by atoms with E-state index in [1.54, 1.807) is 0 Å². The first kappa shape index (κ1) is 18.7. The van der Waals surface area contributed by atoms with Crippen molar-refractivity contribution in [2.45, 2.75) is 53.4 Å². The maximum absolute atomic E-state index is 11.4. The number of carbonyl (C=O) groups excluding carboxylic acids is 1. The van der Waals surface area contributed by atoms with Crippen LogP contribution in [0.1, 0.15) is 53.4 Å². The van der Waals surface area contributed by atoms with Crippen LogP contribution in [0.3, 0.4) is 0 Å². The molecule has 0 aliphatic rings. The van der Waals surface area contributed by atoms with E-state index < -0.39 is 23.8 Å². The second-order valence-electron chi connectivity index (χ2n) is 3.57. The summed E-state index contributed by atoms with van der Waals surface area (Å²) in [5.74, 6) is -2.50. The lowest BCUT2D eigenvalue weighted by molar-refractivity contribution is -0.152. The second-order valence-corrected chi connectivity index (χ2v) is 3.80. The molecule has 17 heavy (non-hydrogen) atoms. The number of carboxylic acid groups (broad SMARTS) is 1. The summed E-state index contributed by atoms with van der Waals surface area (Å²) in [6.07, 6.45) is 2.60. The quantitative estimate of drug-likeness (QED) is 0.717. The Bertz CT molecular complexity index is 219. The summed E-state index contributed by atoms with van der Waals surface area (Å²) < 4.78 is 4.56. The zero-order valence-electron chi connectivity index (χ0n) is 11.2. The van der Waals surface area contributed by atoms with Crippen LogP contribution in [0.4, 0.5) is 0 Å². The highest BCUT2D eigenvalue weighted by molar-refractivity contribution is 7.10. The van der Waals surface area contributed by atoms with Crippen LogP contribution in [0.15, 0.2) is 0 Å². The summed E-state index contributed by atoms with van der Waals surface area (Å²) in [5, 5.41) is 9.03. The highest BCUT2D eigenvalue weighted by Crippen LogP contribution is 2.25. The fourth-order valence-electron chi connectivity index (χ4n) is 1.69. The van der Waals surface area contributed by atoms with Gasteiger partial charge in [-0.3, -0.25) is 9.59 Å². The first-order chi connectivity index (χ1) is 8.08. The molecule has 0 rings (SSSR count). The topological polar surface area (TPSA) is 63.6 Å². The van der Waals surface area contributed by atoms with Crippen molar-refractivity contribution < 1.29 is 19.2 Å². The van der Waals surface area contributed by atoms with Crippen LogP contribution in [-0.2, 0) is 14.1 Å². The minimum Gasteiger partial charge on any atom is -0.481 e. The molecule has 0 saturated heterocycles. The molecule has 0 heterocycles. The van der Waals surface area contributed by atoms with Gasteiger partial charge in [0.25, 0.3) is 0 Å². The molecule has 0 aromatic heterocycles. The molecule has 3 atom stereocenters. The minimum absolute atomic E-state index is 0.442. The van der Waals surface area contributed by atoms with Gasteiger partial charge in [0.15, 0.2) is 0 Å². The Balaban J connectivity index is 0. The summed E-state index contributed by atoms with van der Waals surface area (Å²) in [7, 11) is 1.88. The molecule has 1 N–H and O–H groups in total. The molecule has 0 saturated carbocycles. The van der Waals surface area contributed by atoms with E-state index in [0.29, 0.717) is 12.8 Å². The Morgan fingerprint density at radius 1 is 1.12 bits per heavy atom. The van der Waals surface area contributed by atoms with Crippen molar-refractivity contribution in [3.8, 4) is 0 Å². The second kappa shape index (κ2) is 11.8. The van der Waals surface area contributed by atoms with Gasteiger partial charge in [-0.2, -0.15) is 0 Å². The molecule has 0 fully saturated rings. The molecule has 0 aromatic rings. The third-order valence-electron chi connectivity index (χ3n) is 2.42. The Morgan fingerprint density at radius 3 is 1.82 bits per heavy atom. The molecule has 5 heteroatoms. The maximum atomic E-state index is 11.4. The van der Waals surface area contributed by atoms with Crippen LogP contribution in [-0.4, -0.2) is 17.0 Å². The van der Waals surface area contributed by atoms with E-state index in [0.717, 1.165) is 12.8 Å². The van der Waals surface area contributed by atoms with Gasteiger partial charge in [0.05, 0.1) is 21.3 Å². The van der Waals surface area contributed by atoms with E-state index in [2.05, 4.69) is 4.52 Å². The normalized spacial score (nSPS) is 13.0. The Labute approximate surface area is 106 Å². The Hall–Kier alpha value is -0.630. The lowest BCUT2D eigenvalue weighted by Crippen LogP contribution is -2.30. The first-order valence-corrected chi connectivity index (χ1v) is 6.68. The van der Waals surface area contributed by atoms with Gasteiger partial charge in [-0.25, -0.2) is 0 Å². The van der Waals surface area contributed by atoms with Gasteiger partial charge >= 0.3 is 11.9 Å². The summed E-state index contributed by atoms with van der Waals surface area (Å²) in [6, 6.07) is 0. The maximum Gasteiger partial charge on any atom is 0.311 e. The van der Waals surface area contributed by atoms with Crippen molar-refractivity contribution >= 4 is 21.4 Å². The van der Waals surface area contributed by atoms with Gasteiger partial charge in [0.1, 0.15) is 0 Å². The predicted octanol–water partition coefficient (Wildman–Crippen LogP) is 3.26. The predicted molar refractivity (Wildman–Crippen MR) is 71.6 cm³/mol. The van der Waals surface area contributed by atoms with Crippen LogP contribution in [0.5, 0.6) is 0 Å². The van der Waals surface area contributed by atoms with Gasteiger partial charge in [-0.15, -0.1) is 0 Å². The average Bonchev–Trinajstić information content (AvgIpc) is 2.35.